The minimum absolute atomic E-state index is 0.105. The van der Waals surface area contributed by atoms with Crippen molar-refractivity contribution < 1.29 is 19.2 Å². The van der Waals surface area contributed by atoms with E-state index >= 15 is 0 Å². The number of piperidine rings is 1. The van der Waals surface area contributed by atoms with E-state index in [0.717, 1.165) is 48.4 Å². The van der Waals surface area contributed by atoms with Crippen LogP contribution in [0.1, 0.15) is 63.1 Å². The van der Waals surface area contributed by atoms with E-state index in [2.05, 4.69) is 28.4 Å². The maximum absolute atomic E-state index is 13.4. The van der Waals surface area contributed by atoms with Gasteiger partial charge in [0.05, 0.1) is 11.1 Å². The van der Waals surface area contributed by atoms with Crippen molar-refractivity contribution in [3.05, 3.63) is 64.2 Å². The van der Waals surface area contributed by atoms with Crippen LogP contribution in [0, 0.1) is 0 Å². The predicted octanol–water partition coefficient (Wildman–Crippen LogP) is 1.93. The number of benzene rings is 2. The topological polar surface area (TPSA) is 113 Å². The molecule has 1 atom stereocenters. The van der Waals surface area contributed by atoms with Crippen molar-refractivity contribution in [2.75, 3.05) is 18.0 Å². The summed E-state index contributed by atoms with van der Waals surface area (Å²) >= 11 is 0. The molecule has 176 valence electrons. The van der Waals surface area contributed by atoms with Crippen molar-refractivity contribution >= 4 is 29.3 Å². The number of rotatable bonds is 6. The van der Waals surface area contributed by atoms with Gasteiger partial charge in [-0.05, 0) is 67.5 Å². The quantitative estimate of drug-likeness (QED) is 0.637. The van der Waals surface area contributed by atoms with E-state index in [4.69, 9.17) is 5.73 Å². The zero-order valence-corrected chi connectivity index (χ0v) is 19.0. The number of hydrogen-bond donors (Lipinski definition) is 2. The summed E-state index contributed by atoms with van der Waals surface area (Å²) in [6, 6.07) is 10.9. The predicted molar refractivity (Wildman–Crippen MR) is 126 cm³/mol. The van der Waals surface area contributed by atoms with Crippen LogP contribution in [-0.2, 0) is 29.0 Å². The van der Waals surface area contributed by atoms with Gasteiger partial charge in [0.25, 0.3) is 11.8 Å². The normalized spacial score (nSPS) is 19.9. The van der Waals surface area contributed by atoms with E-state index in [1.165, 1.54) is 11.1 Å². The summed E-state index contributed by atoms with van der Waals surface area (Å²) < 4.78 is 0. The van der Waals surface area contributed by atoms with Crippen LogP contribution in [0.15, 0.2) is 36.4 Å². The van der Waals surface area contributed by atoms with Crippen LogP contribution >= 0.6 is 0 Å². The summed E-state index contributed by atoms with van der Waals surface area (Å²) in [6.45, 7) is 2.01. The molecular weight excluding hydrogens is 432 g/mol. The molecule has 0 bridgehead atoms. The number of amides is 4. The Morgan fingerprint density at radius 1 is 1.03 bits per heavy atom. The first kappa shape index (κ1) is 22.3. The largest absolute Gasteiger partial charge is 0.367 e. The summed E-state index contributed by atoms with van der Waals surface area (Å²) in [5.74, 6) is -1.91. The molecule has 3 N–H and O–H groups in total. The molecule has 0 aliphatic carbocycles. The maximum Gasteiger partial charge on any atom is 0.262 e. The first-order valence-electron chi connectivity index (χ1n) is 11.9. The molecule has 2 aromatic carbocycles. The Bertz CT molecular complexity index is 1190. The second kappa shape index (κ2) is 9.02. The van der Waals surface area contributed by atoms with E-state index in [9.17, 15) is 19.2 Å². The molecule has 8 heteroatoms. The van der Waals surface area contributed by atoms with Crippen LogP contribution in [0.4, 0.5) is 5.69 Å². The van der Waals surface area contributed by atoms with Crippen LogP contribution < -0.4 is 16.0 Å². The molecule has 1 unspecified atom stereocenters. The molecular formula is C26H28N4O4. The second-order valence-corrected chi connectivity index (χ2v) is 9.17. The van der Waals surface area contributed by atoms with E-state index in [0.29, 0.717) is 24.2 Å². The molecule has 3 aliphatic heterocycles. The Morgan fingerprint density at radius 3 is 2.68 bits per heavy atom. The van der Waals surface area contributed by atoms with Gasteiger partial charge in [-0.3, -0.25) is 29.4 Å². The first-order chi connectivity index (χ1) is 16.5. The second-order valence-electron chi connectivity index (χ2n) is 9.17. The van der Waals surface area contributed by atoms with E-state index in [-0.39, 0.29) is 18.7 Å². The standard InChI is InChI=1S/C26H28N4O4/c27-12-2-4-16-8-9-17-6-3-13-29(21(17)14-16)15-18-5-1-7-19-23(18)26(34)30(25(19)33)20-10-11-22(31)28-24(20)32/h1,5,7-9,14,20H,2-4,6,10-13,15,27H2,(H,28,31,32). The van der Waals surface area contributed by atoms with Gasteiger partial charge in [-0.15, -0.1) is 0 Å². The number of anilines is 1. The maximum atomic E-state index is 13.4. The Morgan fingerprint density at radius 2 is 1.88 bits per heavy atom. The summed E-state index contributed by atoms with van der Waals surface area (Å²) in [6.07, 6.45) is 4.13. The molecule has 1 fully saturated rings. The van der Waals surface area contributed by atoms with Gasteiger partial charge in [0, 0.05) is 25.2 Å². The van der Waals surface area contributed by atoms with E-state index in [1.54, 1.807) is 12.1 Å². The molecule has 1 saturated heterocycles. The highest BCUT2D eigenvalue weighted by atomic mass is 16.2. The van der Waals surface area contributed by atoms with Crippen LogP contribution in [0.25, 0.3) is 0 Å². The number of imide groups is 2. The van der Waals surface area contributed by atoms with E-state index in [1.807, 2.05) is 6.07 Å². The fraction of sp³-hybridized carbons (Fsp3) is 0.385. The molecule has 2 aromatic rings. The van der Waals surface area contributed by atoms with Crippen LogP contribution in [0.2, 0.25) is 0 Å². The molecule has 0 saturated carbocycles. The van der Waals surface area contributed by atoms with Crippen LogP contribution in [-0.4, -0.2) is 47.7 Å². The summed E-state index contributed by atoms with van der Waals surface area (Å²) in [7, 11) is 0. The summed E-state index contributed by atoms with van der Waals surface area (Å²) in [5, 5.41) is 2.25. The molecule has 0 radical (unpaired) electrons. The number of nitrogens with two attached hydrogens (primary N) is 1. The monoisotopic (exact) mass is 460 g/mol. The average Bonchev–Trinajstić information content (AvgIpc) is 3.09. The number of fused-ring (bicyclic) bond motifs is 2. The third-order valence-electron chi connectivity index (χ3n) is 6.95. The first-order valence-corrected chi connectivity index (χ1v) is 11.9. The van der Waals surface area contributed by atoms with E-state index < -0.39 is 23.8 Å². The smallest absolute Gasteiger partial charge is 0.262 e. The fourth-order valence-corrected chi connectivity index (χ4v) is 5.24. The molecule has 3 aliphatic rings. The lowest BCUT2D eigenvalue weighted by Crippen LogP contribution is -2.54. The highest BCUT2D eigenvalue weighted by Gasteiger charge is 2.45. The third kappa shape index (κ3) is 3.88. The SMILES string of the molecule is NCCCc1ccc2c(c1)N(Cc1cccc3c1C(=O)N(C1CCC(=O)NC1=O)C3=O)CCC2. The van der Waals surface area contributed by atoms with Crippen LogP contribution in [0.5, 0.6) is 0 Å². The molecule has 0 spiro atoms. The van der Waals surface area contributed by atoms with Crippen molar-refractivity contribution in [2.45, 2.75) is 51.1 Å². The number of nitrogens with zero attached hydrogens (tertiary/aromatic N) is 2. The van der Waals surface area contributed by atoms with Gasteiger partial charge < -0.3 is 10.6 Å². The minimum Gasteiger partial charge on any atom is -0.367 e. The minimum atomic E-state index is -0.959. The Balaban J connectivity index is 1.44. The zero-order valence-electron chi connectivity index (χ0n) is 19.0. The number of aryl methyl sites for hydroxylation is 2. The highest BCUT2D eigenvalue weighted by molar-refractivity contribution is 6.24. The zero-order chi connectivity index (χ0) is 23.8. The van der Waals surface area contributed by atoms with Gasteiger partial charge in [-0.25, -0.2) is 0 Å². The van der Waals surface area contributed by atoms with Gasteiger partial charge in [0.2, 0.25) is 11.8 Å². The summed E-state index contributed by atoms with van der Waals surface area (Å²) in [5.41, 5.74) is 10.8. The Labute approximate surface area is 198 Å². The number of carbonyl (C=O) groups is 4. The van der Waals surface area contributed by atoms with Gasteiger partial charge >= 0.3 is 0 Å². The lowest BCUT2D eigenvalue weighted by Gasteiger charge is -2.32. The van der Waals surface area contributed by atoms with Gasteiger partial charge in [-0.1, -0.05) is 24.3 Å². The third-order valence-corrected chi connectivity index (χ3v) is 6.95. The van der Waals surface area contributed by atoms with Crippen molar-refractivity contribution in [1.29, 1.82) is 0 Å². The lowest BCUT2D eigenvalue weighted by molar-refractivity contribution is -0.136. The van der Waals surface area contributed by atoms with Gasteiger partial charge in [-0.2, -0.15) is 0 Å². The van der Waals surface area contributed by atoms with Gasteiger partial charge in [0.1, 0.15) is 6.04 Å². The van der Waals surface area contributed by atoms with Crippen molar-refractivity contribution in [3.8, 4) is 0 Å². The molecule has 4 amide bonds. The number of hydrogen-bond acceptors (Lipinski definition) is 6. The molecule has 34 heavy (non-hydrogen) atoms. The molecule has 3 heterocycles. The Hall–Kier alpha value is -3.52. The van der Waals surface area contributed by atoms with Gasteiger partial charge in [0.15, 0.2) is 0 Å². The summed E-state index contributed by atoms with van der Waals surface area (Å²) in [4.78, 5) is 53.8. The highest BCUT2D eigenvalue weighted by Crippen LogP contribution is 2.34. The number of carbonyl (C=O) groups excluding carboxylic acids is 4. The molecule has 8 nitrogen and oxygen atoms in total. The Kier molecular flexibility index (Phi) is 5.91. The fourth-order valence-electron chi connectivity index (χ4n) is 5.24. The van der Waals surface area contributed by atoms with Crippen molar-refractivity contribution in [1.82, 2.24) is 10.2 Å². The van der Waals surface area contributed by atoms with Crippen LogP contribution in [0.3, 0.4) is 0 Å². The number of nitrogens with one attached hydrogen (secondary N) is 1. The molecule has 0 aromatic heterocycles. The van der Waals surface area contributed by atoms with Crippen molar-refractivity contribution in [3.63, 3.8) is 0 Å². The molecule has 5 rings (SSSR count). The van der Waals surface area contributed by atoms with Crippen molar-refractivity contribution in [2.24, 2.45) is 5.73 Å². The average molecular weight is 461 g/mol. The lowest BCUT2D eigenvalue weighted by atomic mass is 9.96.